The second-order valence-corrected chi connectivity index (χ2v) is 6.42. The monoisotopic (exact) mass is 341 g/mol. The van der Waals surface area contributed by atoms with Crippen molar-refractivity contribution in [3.05, 3.63) is 53.6 Å². The molecule has 0 bridgehead atoms. The maximum absolute atomic E-state index is 5.52. The number of para-hydroxylation sites is 2. The number of hydrogen-bond donors (Lipinski definition) is 2. The number of thiocarbonyl (C=S) groups is 1. The molecule has 0 unspecified atom stereocenters. The lowest BCUT2D eigenvalue weighted by Crippen LogP contribution is -2.36. The van der Waals surface area contributed by atoms with Crippen molar-refractivity contribution in [2.24, 2.45) is 0 Å². The Morgan fingerprint density at radius 3 is 2.50 bits per heavy atom. The molecule has 2 N–H and O–H groups in total. The Bertz CT molecular complexity index is 726. The van der Waals surface area contributed by atoms with Gasteiger partial charge < -0.3 is 20.3 Å². The largest absolute Gasteiger partial charge is 0.378 e. The summed E-state index contributed by atoms with van der Waals surface area (Å²) in [5, 5.41) is 7.25. The fourth-order valence-corrected chi connectivity index (χ4v) is 3.03. The first-order valence-electron chi connectivity index (χ1n) is 8.20. The SMILES string of the molecule is Cc1ccc(C)c(NC(=S)Nc2ccccc2N2CCOCC2)c1. The van der Waals surface area contributed by atoms with Crippen LogP contribution in [-0.2, 0) is 4.74 Å². The predicted molar refractivity (Wildman–Crippen MR) is 105 cm³/mol. The van der Waals surface area contributed by atoms with Crippen molar-refractivity contribution in [2.75, 3.05) is 41.8 Å². The molecule has 0 saturated carbocycles. The highest BCUT2D eigenvalue weighted by Gasteiger charge is 2.15. The van der Waals surface area contributed by atoms with Crippen molar-refractivity contribution in [3.63, 3.8) is 0 Å². The van der Waals surface area contributed by atoms with Crippen LogP contribution in [0.5, 0.6) is 0 Å². The number of morpholine rings is 1. The van der Waals surface area contributed by atoms with Crippen molar-refractivity contribution >= 4 is 34.4 Å². The van der Waals surface area contributed by atoms with E-state index in [0.29, 0.717) is 5.11 Å². The third kappa shape index (κ3) is 4.04. The molecule has 24 heavy (non-hydrogen) atoms. The minimum Gasteiger partial charge on any atom is -0.378 e. The predicted octanol–water partition coefficient (Wildman–Crippen LogP) is 3.95. The normalized spacial score (nSPS) is 14.3. The topological polar surface area (TPSA) is 36.5 Å². The zero-order valence-electron chi connectivity index (χ0n) is 14.1. The van der Waals surface area contributed by atoms with Crippen LogP contribution in [0, 0.1) is 13.8 Å². The summed E-state index contributed by atoms with van der Waals surface area (Å²) < 4.78 is 5.45. The molecule has 4 nitrogen and oxygen atoms in total. The maximum Gasteiger partial charge on any atom is 0.175 e. The lowest BCUT2D eigenvalue weighted by molar-refractivity contribution is 0.123. The smallest absolute Gasteiger partial charge is 0.175 e. The summed E-state index contributed by atoms with van der Waals surface area (Å²) in [5.41, 5.74) is 5.59. The number of nitrogens with zero attached hydrogens (tertiary/aromatic N) is 1. The Hall–Kier alpha value is -2.11. The van der Waals surface area contributed by atoms with Gasteiger partial charge in [-0.3, -0.25) is 0 Å². The second kappa shape index (κ2) is 7.64. The van der Waals surface area contributed by atoms with Crippen molar-refractivity contribution < 1.29 is 4.74 Å². The zero-order valence-corrected chi connectivity index (χ0v) is 15.0. The molecule has 0 atom stereocenters. The first-order chi connectivity index (χ1) is 11.6. The standard InChI is InChI=1S/C19H23N3OS/c1-14-7-8-15(2)17(13-14)21-19(24)20-16-5-3-4-6-18(16)22-9-11-23-12-10-22/h3-8,13H,9-12H2,1-2H3,(H2,20,21,24). The first-order valence-corrected chi connectivity index (χ1v) is 8.61. The van der Waals surface area contributed by atoms with Gasteiger partial charge in [0, 0.05) is 18.8 Å². The Morgan fingerprint density at radius 1 is 1.00 bits per heavy atom. The van der Waals surface area contributed by atoms with Gasteiger partial charge in [-0.25, -0.2) is 0 Å². The molecule has 1 fully saturated rings. The van der Waals surface area contributed by atoms with Gasteiger partial charge in [-0.2, -0.15) is 0 Å². The Morgan fingerprint density at radius 2 is 1.71 bits per heavy atom. The van der Waals surface area contributed by atoms with Gasteiger partial charge >= 0.3 is 0 Å². The van der Waals surface area contributed by atoms with Crippen LogP contribution in [0.4, 0.5) is 17.1 Å². The second-order valence-electron chi connectivity index (χ2n) is 6.01. The molecule has 126 valence electrons. The molecule has 0 spiro atoms. The first kappa shape index (κ1) is 16.7. The molecule has 0 aromatic heterocycles. The number of hydrogen-bond acceptors (Lipinski definition) is 3. The van der Waals surface area contributed by atoms with E-state index in [1.54, 1.807) is 0 Å². The van der Waals surface area contributed by atoms with Crippen LogP contribution < -0.4 is 15.5 Å². The van der Waals surface area contributed by atoms with Gasteiger partial charge in [0.05, 0.1) is 24.6 Å². The van der Waals surface area contributed by atoms with E-state index in [0.717, 1.165) is 43.4 Å². The van der Waals surface area contributed by atoms with Gasteiger partial charge in [0.15, 0.2) is 5.11 Å². The molecule has 3 rings (SSSR count). The third-order valence-corrected chi connectivity index (χ3v) is 4.35. The molecule has 2 aromatic rings. The molecule has 1 aliphatic rings. The molecule has 0 aliphatic carbocycles. The van der Waals surface area contributed by atoms with Gasteiger partial charge in [-0.1, -0.05) is 24.3 Å². The lowest BCUT2D eigenvalue weighted by Gasteiger charge is -2.30. The van der Waals surface area contributed by atoms with Gasteiger partial charge in [0.25, 0.3) is 0 Å². The van der Waals surface area contributed by atoms with Crippen molar-refractivity contribution in [1.82, 2.24) is 0 Å². The summed E-state index contributed by atoms with van der Waals surface area (Å²) in [6, 6.07) is 14.6. The molecule has 1 saturated heterocycles. The van der Waals surface area contributed by atoms with Crippen LogP contribution in [-0.4, -0.2) is 31.4 Å². The summed E-state index contributed by atoms with van der Waals surface area (Å²) >= 11 is 5.52. The van der Waals surface area contributed by atoms with Crippen LogP contribution in [0.1, 0.15) is 11.1 Å². The summed E-state index contributed by atoms with van der Waals surface area (Å²) in [4.78, 5) is 2.33. The van der Waals surface area contributed by atoms with Gasteiger partial charge in [0.2, 0.25) is 0 Å². The van der Waals surface area contributed by atoms with E-state index in [4.69, 9.17) is 17.0 Å². The van der Waals surface area contributed by atoms with E-state index in [1.807, 2.05) is 6.07 Å². The number of anilines is 3. The molecular weight excluding hydrogens is 318 g/mol. The number of aryl methyl sites for hydroxylation is 2. The minimum atomic E-state index is 0.601. The van der Waals surface area contributed by atoms with E-state index in [9.17, 15) is 0 Å². The van der Waals surface area contributed by atoms with Gasteiger partial charge in [0.1, 0.15) is 0 Å². The molecule has 1 heterocycles. The van der Waals surface area contributed by atoms with Crippen LogP contribution >= 0.6 is 12.2 Å². The highest BCUT2D eigenvalue weighted by Crippen LogP contribution is 2.26. The van der Waals surface area contributed by atoms with Crippen LogP contribution in [0.15, 0.2) is 42.5 Å². The molecule has 2 aromatic carbocycles. The Labute approximate surface area is 148 Å². The van der Waals surface area contributed by atoms with E-state index in [-0.39, 0.29) is 0 Å². The van der Waals surface area contributed by atoms with Crippen LogP contribution in [0.25, 0.3) is 0 Å². The molecular formula is C19H23N3OS. The highest BCUT2D eigenvalue weighted by atomic mass is 32.1. The van der Waals surface area contributed by atoms with Crippen LogP contribution in [0.3, 0.4) is 0 Å². The van der Waals surface area contributed by atoms with E-state index < -0.39 is 0 Å². The summed E-state index contributed by atoms with van der Waals surface area (Å²) in [6.45, 7) is 7.48. The average Bonchev–Trinajstić information content (AvgIpc) is 2.59. The molecule has 0 amide bonds. The van der Waals surface area contributed by atoms with Crippen molar-refractivity contribution in [3.8, 4) is 0 Å². The maximum atomic E-state index is 5.52. The molecule has 1 aliphatic heterocycles. The van der Waals surface area contributed by atoms with Crippen molar-refractivity contribution in [2.45, 2.75) is 13.8 Å². The van der Waals surface area contributed by atoms with Gasteiger partial charge in [-0.15, -0.1) is 0 Å². The molecule has 0 radical (unpaired) electrons. The van der Waals surface area contributed by atoms with E-state index in [1.165, 1.54) is 11.1 Å². The van der Waals surface area contributed by atoms with Gasteiger partial charge in [-0.05, 0) is 55.4 Å². The number of rotatable bonds is 3. The quantitative estimate of drug-likeness (QED) is 0.827. The Kier molecular flexibility index (Phi) is 5.33. The number of nitrogens with one attached hydrogen (secondary N) is 2. The fourth-order valence-electron chi connectivity index (χ4n) is 2.81. The minimum absolute atomic E-state index is 0.601. The molecule has 5 heteroatoms. The van der Waals surface area contributed by atoms with E-state index >= 15 is 0 Å². The summed E-state index contributed by atoms with van der Waals surface area (Å²) in [5.74, 6) is 0. The highest BCUT2D eigenvalue weighted by molar-refractivity contribution is 7.80. The van der Waals surface area contributed by atoms with Crippen LogP contribution in [0.2, 0.25) is 0 Å². The lowest BCUT2D eigenvalue weighted by atomic mass is 10.1. The number of benzene rings is 2. The summed E-state index contributed by atoms with van der Waals surface area (Å²) in [6.07, 6.45) is 0. The zero-order chi connectivity index (χ0) is 16.9. The summed E-state index contributed by atoms with van der Waals surface area (Å²) in [7, 11) is 0. The van der Waals surface area contributed by atoms with E-state index in [2.05, 4.69) is 65.8 Å². The average molecular weight is 341 g/mol. The fraction of sp³-hybridized carbons (Fsp3) is 0.316. The number of ether oxygens (including phenoxy) is 1. The third-order valence-electron chi connectivity index (χ3n) is 4.15. The van der Waals surface area contributed by atoms with Crippen molar-refractivity contribution in [1.29, 1.82) is 0 Å². The Balaban J connectivity index is 1.73.